The van der Waals surface area contributed by atoms with Crippen LogP contribution in [0.15, 0.2) is 70.2 Å². The van der Waals surface area contributed by atoms with Gasteiger partial charge in [0.15, 0.2) is 5.65 Å². The van der Waals surface area contributed by atoms with Gasteiger partial charge in [-0.1, -0.05) is 47.5 Å². The molecular formula is C23H23BrClN5O2S. The summed E-state index contributed by atoms with van der Waals surface area (Å²) in [5.74, 6) is 0.779. The molecule has 2 heterocycles. The lowest BCUT2D eigenvalue weighted by atomic mass is 10.1. The zero-order valence-electron chi connectivity index (χ0n) is 17.9. The maximum atomic E-state index is 12.4. The number of hydrogen-bond acceptors (Lipinski definition) is 5. The van der Waals surface area contributed by atoms with Crippen molar-refractivity contribution in [3.8, 4) is 11.3 Å². The van der Waals surface area contributed by atoms with Gasteiger partial charge < -0.3 is 5.32 Å². The van der Waals surface area contributed by atoms with Crippen molar-refractivity contribution in [2.24, 2.45) is 0 Å². The van der Waals surface area contributed by atoms with E-state index in [2.05, 4.69) is 31.1 Å². The number of sulfonamides is 1. The summed E-state index contributed by atoms with van der Waals surface area (Å²) in [6.45, 7) is 2.93. The third-order valence-electron chi connectivity index (χ3n) is 5.11. The Labute approximate surface area is 206 Å². The summed E-state index contributed by atoms with van der Waals surface area (Å²) in [5.41, 5.74) is 3.28. The normalized spacial score (nSPS) is 11.7. The number of nitrogens with zero attached hydrogens (tertiary/aromatic N) is 3. The second-order valence-electron chi connectivity index (χ2n) is 7.58. The SMILES string of the molecule is Cc1ccc(S(=O)(=O)NCCCCNc2cc(-c3ccccc3Cl)nc3c(Br)cnn23)cc1. The molecule has 0 radical (unpaired) electrons. The first-order chi connectivity index (χ1) is 15.8. The fourth-order valence-electron chi connectivity index (χ4n) is 3.34. The zero-order valence-corrected chi connectivity index (χ0v) is 21.1. The number of anilines is 1. The molecule has 0 aliphatic heterocycles. The standard InChI is InChI=1S/C23H23BrClN5O2S/c1-16-8-10-17(11-9-16)33(31,32)28-13-5-4-12-26-22-14-21(18-6-2-3-7-20(18)25)29-23-19(24)15-27-30(22)23/h2-3,6-11,14-15,26,28H,4-5,12-13H2,1H3. The van der Waals surface area contributed by atoms with E-state index in [1.807, 2.05) is 37.3 Å². The number of hydrogen-bond donors (Lipinski definition) is 2. The van der Waals surface area contributed by atoms with Crippen LogP contribution in [0.3, 0.4) is 0 Å². The highest BCUT2D eigenvalue weighted by molar-refractivity contribution is 9.10. The van der Waals surface area contributed by atoms with Crippen LogP contribution < -0.4 is 10.0 Å². The Balaban J connectivity index is 1.38. The molecule has 0 saturated carbocycles. The lowest BCUT2D eigenvalue weighted by molar-refractivity contribution is 0.577. The van der Waals surface area contributed by atoms with Crippen LogP contribution in [-0.4, -0.2) is 36.1 Å². The van der Waals surface area contributed by atoms with Crippen molar-refractivity contribution in [3.63, 3.8) is 0 Å². The molecule has 0 bridgehead atoms. The lowest BCUT2D eigenvalue weighted by Crippen LogP contribution is -2.25. The molecule has 2 aromatic heterocycles. The maximum Gasteiger partial charge on any atom is 0.240 e. The van der Waals surface area contributed by atoms with Gasteiger partial charge in [-0.2, -0.15) is 9.61 Å². The van der Waals surface area contributed by atoms with E-state index in [-0.39, 0.29) is 4.90 Å². The molecule has 4 aromatic rings. The van der Waals surface area contributed by atoms with Crippen LogP contribution >= 0.6 is 27.5 Å². The van der Waals surface area contributed by atoms with Crippen molar-refractivity contribution >= 4 is 49.0 Å². The summed E-state index contributed by atoms with van der Waals surface area (Å²) in [4.78, 5) is 4.98. The topological polar surface area (TPSA) is 88.4 Å². The minimum atomic E-state index is -3.49. The Hall–Kier alpha value is -2.46. The van der Waals surface area contributed by atoms with Gasteiger partial charge in [-0.25, -0.2) is 18.1 Å². The molecule has 2 aromatic carbocycles. The summed E-state index contributed by atoms with van der Waals surface area (Å²) >= 11 is 9.87. The molecule has 0 unspecified atom stereocenters. The molecule has 7 nitrogen and oxygen atoms in total. The smallest absolute Gasteiger partial charge is 0.240 e. The van der Waals surface area contributed by atoms with E-state index in [1.165, 1.54) is 0 Å². The number of benzene rings is 2. The van der Waals surface area contributed by atoms with E-state index in [0.717, 1.165) is 33.5 Å². The van der Waals surface area contributed by atoms with Gasteiger partial charge in [-0.3, -0.25) is 0 Å². The molecule has 33 heavy (non-hydrogen) atoms. The molecule has 0 amide bonds. The Morgan fingerprint density at radius 3 is 2.55 bits per heavy atom. The minimum Gasteiger partial charge on any atom is -0.370 e. The molecule has 0 fully saturated rings. The molecule has 0 saturated heterocycles. The predicted molar refractivity (Wildman–Crippen MR) is 135 cm³/mol. The monoisotopic (exact) mass is 547 g/mol. The second kappa shape index (κ2) is 10.2. The van der Waals surface area contributed by atoms with Crippen molar-refractivity contribution in [1.82, 2.24) is 19.3 Å². The van der Waals surface area contributed by atoms with Crippen LogP contribution in [0.25, 0.3) is 16.9 Å². The van der Waals surface area contributed by atoms with E-state index in [9.17, 15) is 8.42 Å². The van der Waals surface area contributed by atoms with E-state index < -0.39 is 10.0 Å². The largest absolute Gasteiger partial charge is 0.370 e. The van der Waals surface area contributed by atoms with Crippen LogP contribution in [0.4, 0.5) is 5.82 Å². The Bertz CT molecular complexity index is 1370. The molecule has 0 atom stereocenters. The molecule has 172 valence electrons. The van der Waals surface area contributed by atoms with E-state index in [0.29, 0.717) is 30.2 Å². The molecule has 2 N–H and O–H groups in total. The highest BCUT2D eigenvalue weighted by atomic mass is 79.9. The fraction of sp³-hybridized carbons (Fsp3) is 0.217. The Kier molecular flexibility index (Phi) is 7.33. The number of rotatable bonds is 9. The maximum absolute atomic E-state index is 12.4. The summed E-state index contributed by atoms with van der Waals surface area (Å²) in [6, 6.07) is 16.3. The molecule has 0 aliphatic rings. The van der Waals surface area contributed by atoms with Crippen molar-refractivity contribution in [2.75, 3.05) is 18.4 Å². The Morgan fingerprint density at radius 2 is 1.79 bits per heavy atom. The summed E-state index contributed by atoms with van der Waals surface area (Å²) < 4.78 is 29.9. The van der Waals surface area contributed by atoms with Crippen LogP contribution in [-0.2, 0) is 10.0 Å². The highest BCUT2D eigenvalue weighted by Crippen LogP contribution is 2.30. The van der Waals surface area contributed by atoms with Crippen LogP contribution in [0.5, 0.6) is 0 Å². The van der Waals surface area contributed by atoms with Crippen molar-refractivity contribution in [2.45, 2.75) is 24.7 Å². The first kappa shape index (κ1) is 23.7. The molecule has 4 rings (SSSR count). The molecule has 10 heteroatoms. The number of fused-ring (bicyclic) bond motifs is 1. The van der Waals surface area contributed by atoms with Crippen LogP contribution in [0, 0.1) is 6.92 Å². The van der Waals surface area contributed by atoms with E-state index in [1.54, 1.807) is 35.0 Å². The molecule has 0 spiro atoms. The quantitative estimate of drug-likeness (QED) is 0.278. The minimum absolute atomic E-state index is 0.279. The number of aromatic nitrogens is 3. The fourth-order valence-corrected chi connectivity index (χ4v) is 5.00. The van der Waals surface area contributed by atoms with Gasteiger partial charge in [0, 0.05) is 29.7 Å². The summed E-state index contributed by atoms with van der Waals surface area (Å²) in [6.07, 6.45) is 3.15. The van der Waals surface area contributed by atoms with Crippen LogP contribution in [0.2, 0.25) is 5.02 Å². The Morgan fingerprint density at radius 1 is 1.06 bits per heavy atom. The van der Waals surface area contributed by atoms with Gasteiger partial charge in [0.1, 0.15) is 5.82 Å². The highest BCUT2D eigenvalue weighted by Gasteiger charge is 2.14. The molecule has 0 aliphatic carbocycles. The average Bonchev–Trinajstić information content (AvgIpc) is 3.17. The lowest BCUT2D eigenvalue weighted by Gasteiger charge is -2.12. The first-order valence-electron chi connectivity index (χ1n) is 10.4. The third-order valence-corrected chi connectivity index (χ3v) is 7.48. The number of unbranched alkanes of at least 4 members (excludes halogenated alkanes) is 1. The summed E-state index contributed by atoms with van der Waals surface area (Å²) in [5, 5.41) is 8.39. The van der Waals surface area contributed by atoms with Gasteiger partial charge >= 0.3 is 0 Å². The van der Waals surface area contributed by atoms with Crippen molar-refractivity contribution < 1.29 is 8.42 Å². The third kappa shape index (κ3) is 5.55. The number of aryl methyl sites for hydroxylation is 1. The number of halogens is 2. The number of nitrogens with one attached hydrogen (secondary N) is 2. The second-order valence-corrected chi connectivity index (χ2v) is 10.6. The van der Waals surface area contributed by atoms with Gasteiger partial charge in [-0.05, 0) is 53.9 Å². The van der Waals surface area contributed by atoms with E-state index >= 15 is 0 Å². The average molecular weight is 549 g/mol. The summed E-state index contributed by atoms with van der Waals surface area (Å²) in [7, 11) is -3.49. The van der Waals surface area contributed by atoms with Gasteiger partial charge in [0.05, 0.1) is 21.3 Å². The van der Waals surface area contributed by atoms with Gasteiger partial charge in [0.2, 0.25) is 10.0 Å². The van der Waals surface area contributed by atoms with Crippen LogP contribution in [0.1, 0.15) is 18.4 Å². The molecular weight excluding hydrogens is 526 g/mol. The first-order valence-corrected chi connectivity index (χ1v) is 13.1. The predicted octanol–water partition coefficient (Wildman–Crippen LogP) is 5.29. The van der Waals surface area contributed by atoms with E-state index in [4.69, 9.17) is 16.6 Å². The van der Waals surface area contributed by atoms with Gasteiger partial charge in [0.25, 0.3) is 0 Å². The zero-order chi connectivity index (χ0) is 23.4. The van der Waals surface area contributed by atoms with Crippen molar-refractivity contribution in [3.05, 3.63) is 75.9 Å². The van der Waals surface area contributed by atoms with Crippen molar-refractivity contribution in [1.29, 1.82) is 0 Å². The van der Waals surface area contributed by atoms with Gasteiger partial charge in [-0.15, -0.1) is 0 Å².